The van der Waals surface area contributed by atoms with Crippen molar-refractivity contribution in [2.45, 2.75) is 44.1 Å². The van der Waals surface area contributed by atoms with E-state index in [-0.39, 0.29) is 19.3 Å². The number of hydrogen-bond acceptors (Lipinski definition) is 7. The summed E-state index contributed by atoms with van der Waals surface area (Å²) in [5, 5.41) is 11.2. The van der Waals surface area contributed by atoms with E-state index in [9.17, 15) is 9.90 Å². The zero-order valence-electron chi connectivity index (χ0n) is 18.9. The van der Waals surface area contributed by atoms with E-state index in [4.69, 9.17) is 23.7 Å². The van der Waals surface area contributed by atoms with Crippen molar-refractivity contribution in [3.63, 3.8) is 0 Å². The van der Waals surface area contributed by atoms with Gasteiger partial charge in [-0.3, -0.25) is 0 Å². The van der Waals surface area contributed by atoms with Gasteiger partial charge < -0.3 is 28.8 Å². The fourth-order valence-corrected chi connectivity index (χ4v) is 3.92. The molecule has 1 aliphatic carbocycles. The standard InChI is InChI=1S/C26H32O7/c1-3-14-30-26(28)33-18-21-15-22(29-2)24(31-16-19-10-6-4-7-11-19)25(23(21)27)32-17-20-12-8-5-9-13-20/h3-13,21-25,27H,1,14-18H2,2H3/t21-,22?,23?,24?,25?/m1/s1. The first-order valence-electron chi connectivity index (χ1n) is 11.0. The number of hydrogen-bond donors (Lipinski definition) is 1. The number of carbonyl (C=O) groups is 1. The van der Waals surface area contributed by atoms with Gasteiger partial charge in [0.2, 0.25) is 0 Å². The van der Waals surface area contributed by atoms with Crippen LogP contribution in [-0.2, 0) is 36.9 Å². The van der Waals surface area contributed by atoms with E-state index in [2.05, 4.69) is 6.58 Å². The quantitative estimate of drug-likeness (QED) is 0.406. The molecule has 0 aliphatic heterocycles. The van der Waals surface area contributed by atoms with Gasteiger partial charge in [-0.1, -0.05) is 73.3 Å². The normalized spacial score (nSPS) is 24.7. The fraction of sp³-hybridized carbons (Fsp3) is 0.423. The fourth-order valence-electron chi connectivity index (χ4n) is 3.92. The number of aliphatic hydroxyl groups is 1. The molecule has 2 aromatic carbocycles. The minimum atomic E-state index is -0.923. The molecule has 1 fully saturated rings. The van der Waals surface area contributed by atoms with Gasteiger partial charge in [0.15, 0.2) is 0 Å². The number of carbonyl (C=O) groups excluding carboxylic acids is 1. The van der Waals surface area contributed by atoms with Crippen LogP contribution in [0.2, 0.25) is 0 Å². The van der Waals surface area contributed by atoms with Crippen LogP contribution in [0.4, 0.5) is 4.79 Å². The Morgan fingerprint density at radius 2 is 1.55 bits per heavy atom. The van der Waals surface area contributed by atoms with Crippen molar-refractivity contribution in [2.75, 3.05) is 20.3 Å². The zero-order valence-corrected chi connectivity index (χ0v) is 18.9. The van der Waals surface area contributed by atoms with Gasteiger partial charge in [-0.2, -0.15) is 0 Å². The van der Waals surface area contributed by atoms with Gasteiger partial charge in [0.1, 0.15) is 25.4 Å². The van der Waals surface area contributed by atoms with Gasteiger partial charge in [-0.15, -0.1) is 0 Å². The minimum Gasteiger partial charge on any atom is -0.434 e. The average Bonchev–Trinajstić information content (AvgIpc) is 2.86. The van der Waals surface area contributed by atoms with Crippen LogP contribution in [0.25, 0.3) is 0 Å². The van der Waals surface area contributed by atoms with E-state index in [0.29, 0.717) is 19.6 Å². The predicted octanol–water partition coefficient (Wildman–Crippen LogP) is 3.89. The molecule has 7 heteroatoms. The third-order valence-corrected chi connectivity index (χ3v) is 5.65. The second-order valence-electron chi connectivity index (χ2n) is 7.94. The summed E-state index contributed by atoms with van der Waals surface area (Å²) in [4.78, 5) is 11.8. The molecule has 0 radical (unpaired) electrons. The minimum absolute atomic E-state index is 0.0202. The first-order valence-corrected chi connectivity index (χ1v) is 11.0. The second kappa shape index (κ2) is 13.1. The highest BCUT2D eigenvalue weighted by Crippen LogP contribution is 2.33. The molecule has 5 atom stereocenters. The molecule has 0 saturated heterocycles. The number of methoxy groups -OCH3 is 1. The summed E-state index contributed by atoms with van der Waals surface area (Å²) in [5.41, 5.74) is 1.99. The first kappa shape index (κ1) is 24.9. The molecule has 0 spiro atoms. The van der Waals surface area contributed by atoms with Crippen molar-refractivity contribution in [1.29, 1.82) is 0 Å². The molecular formula is C26H32O7. The summed E-state index contributed by atoms with van der Waals surface area (Å²) in [6.07, 6.45) is -1.36. The van der Waals surface area contributed by atoms with Crippen LogP contribution >= 0.6 is 0 Å². The highest BCUT2D eigenvalue weighted by atomic mass is 16.7. The largest absolute Gasteiger partial charge is 0.508 e. The molecule has 1 saturated carbocycles. The smallest absolute Gasteiger partial charge is 0.434 e. The summed E-state index contributed by atoms with van der Waals surface area (Å²) in [6, 6.07) is 19.5. The van der Waals surface area contributed by atoms with Crippen molar-refractivity contribution >= 4 is 6.16 Å². The molecule has 33 heavy (non-hydrogen) atoms. The maximum Gasteiger partial charge on any atom is 0.508 e. The Hall–Kier alpha value is -2.71. The number of rotatable bonds is 11. The Kier molecular flexibility index (Phi) is 9.90. The number of aliphatic hydroxyl groups excluding tert-OH is 1. The van der Waals surface area contributed by atoms with Gasteiger partial charge in [0.05, 0.1) is 25.4 Å². The average molecular weight is 457 g/mol. The van der Waals surface area contributed by atoms with Crippen LogP contribution in [0.5, 0.6) is 0 Å². The lowest BCUT2D eigenvalue weighted by molar-refractivity contribution is -0.213. The molecule has 0 amide bonds. The van der Waals surface area contributed by atoms with Crippen molar-refractivity contribution in [3.8, 4) is 0 Å². The molecule has 0 aromatic heterocycles. The first-order chi connectivity index (χ1) is 16.1. The predicted molar refractivity (Wildman–Crippen MR) is 122 cm³/mol. The van der Waals surface area contributed by atoms with Crippen LogP contribution in [0.3, 0.4) is 0 Å². The Labute approximate surface area is 194 Å². The third kappa shape index (κ3) is 7.40. The van der Waals surface area contributed by atoms with Crippen LogP contribution in [0, 0.1) is 5.92 Å². The van der Waals surface area contributed by atoms with Crippen LogP contribution in [0.1, 0.15) is 17.5 Å². The molecule has 178 valence electrons. The summed E-state index contributed by atoms with van der Waals surface area (Å²) < 4.78 is 28.2. The van der Waals surface area contributed by atoms with E-state index < -0.39 is 30.4 Å². The molecule has 0 heterocycles. The Morgan fingerprint density at radius 3 is 2.09 bits per heavy atom. The molecule has 1 aliphatic rings. The van der Waals surface area contributed by atoms with E-state index >= 15 is 0 Å². The van der Waals surface area contributed by atoms with Gasteiger partial charge >= 0.3 is 6.16 Å². The molecule has 2 aromatic rings. The van der Waals surface area contributed by atoms with E-state index in [1.54, 1.807) is 7.11 Å². The third-order valence-electron chi connectivity index (χ3n) is 5.65. The van der Waals surface area contributed by atoms with Gasteiger partial charge in [-0.05, 0) is 17.5 Å². The molecule has 0 bridgehead atoms. The Morgan fingerprint density at radius 1 is 0.970 bits per heavy atom. The maximum absolute atomic E-state index is 11.8. The Balaban J connectivity index is 1.71. The molecule has 7 nitrogen and oxygen atoms in total. The van der Waals surface area contributed by atoms with Crippen LogP contribution in [-0.4, -0.2) is 56.0 Å². The summed E-state index contributed by atoms with van der Waals surface area (Å²) in [7, 11) is 1.60. The number of benzene rings is 2. The SMILES string of the molecule is C=CCOC(=O)OC[C@H]1CC(OC)C(OCc2ccccc2)C(OCc2ccccc2)C1O. The molecule has 3 rings (SSSR count). The lowest BCUT2D eigenvalue weighted by atomic mass is 9.80. The summed E-state index contributed by atoms with van der Waals surface area (Å²) in [5.74, 6) is -0.399. The van der Waals surface area contributed by atoms with E-state index in [1.165, 1.54) is 6.08 Å². The monoisotopic (exact) mass is 456 g/mol. The van der Waals surface area contributed by atoms with Crippen LogP contribution < -0.4 is 0 Å². The second-order valence-corrected chi connectivity index (χ2v) is 7.94. The van der Waals surface area contributed by atoms with Gasteiger partial charge in [0.25, 0.3) is 0 Å². The molecular weight excluding hydrogens is 424 g/mol. The molecule has 1 N–H and O–H groups in total. The summed E-state index contributed by atoms with van der Waals surface area (Å²) >= 11 is 0. The lowest BCUT2D eigenvalue weighted by Gasteiger charge is -2.43. The van der Waals surface area contributed by atoms with Crippen molar-refractivity contribution in [2.24, 2.45) is 5.92 Å². The highest BCUT2D eigenvalue weighted by molar-refractivity contribution is 5.59. The van der Waals surface area contributed by atoms with E-state index in [0.717, 1.165) is 11.1 Å². The zero-order chi connectivity index (χ0) is 23.5. The van der Waals surface area contributed by atoms with Crippen molar-refractivity contribution in [1.82, 2.24) is 0 Å². The van der Waals surface area contributed by atoms with E-state index in [1.807, 2.05) is 60.7 Å². The summed E-state index contributed by atoms with van der Waals surface area (Å²) in [6.45, 7) is 4.20. The highest BCUT2D eigenvalue weighted by Gasteiger charge is 2.46. The number of ether oxygens (including phenoxy) is 5. The topological polar surface area (TPSA) is 83.5 Å². The maximum atomic E-state index is 11.8. The van der Waals surface area contributed by atoms with Gasteiger partial charge in [-0.25, -0.2) is 4.79 Å². The van der Waals surface area contributed by atoms with Crippen molar-refractivity contribution < 1.29 is 33.6 Å². The van der Waals surface area contributed by atoms with Crippen LogP contribution in [0.15, 0.2) is 73.3 Å². The lowest BCUT2D eigenvalue weighted by Crippen LogP contribution is -2.57. The van der Waals surface area contributed by atoms with Crippen molar-refractivity contribution in [3.05, 3.63) is 84.4 Å². The Bertz CT molecular complexity index is 842. The van der Waals surface area contributed by atoms with Gasteiger partial charge in [0, 0.05) is 13.0 Å². The molecule has 4 unspecified atom stereocenters.